The number of methoxy groups -OCH3 is 1. The third kappa shape index (κ3) is 3.70. The largest absolute Gasteiger partial charge is 0.497 e. The summed E-state index contributed by atoms with van der Waals surface area (Å²) in [6, 6.07) is 7.58. The van der Waals surface area contributed by atoms with Gasteiger partial charge in [0.1, 0.15) is 5.75 Å². The fourth-order valence-electron chi connectivity index (χ4n) is 2.55. The zero-order chi connectivity index (χ0) is 13.8. The summed E-state index contributed by atoms with van der Waals surface area (Å²) in [5.74, 6) is 1.42. The molecule has 2 rings (SSSR count). The van der Waals surface area contributed by atoms with E-state index in [9.17, 15) is 4.79 Å². The van der Waals surface area contributed by atoms with E-state index >= 15 is 0 Å². The summed E-state index contributed by atoms with van der Waals surface area (Å²) >= 11 is 0. The minimum absolute atomic E-state index is 0.00722. The second kappa shape index (κ2) is 6.06. The molecular formula is C15H22N2O2. The fourth-order valence-corrected chi connectivity index (χ4v) is 2.55. The van der Waals surface area contributed by atoms with Crippen LogP contribution in [-0.2, 0) is 0 Å². The van der Waals surface area contributed by atoms with E-state index in [-0.39, 0.29) is 5.91 Å². The monoisotopic (exact) mass is 262 g/mol. The maximum absolute atomic E-state index is 12.1. The number of amides is 1. The Labute approximate surface area is 114 Å². The van der Waals surface area contributed by atoms with Crippen molar-refractivity contribution in [3.05, 3.63) is 29.8 Å². The van der Waals surface area contributed by atoms with E-state index in [1.807, 2.05) is 18.2 Å². The number of carbonyl (C=O) groups excluding carboxylic acids is 1. The van der Waals surface area contributed by atoms with Crippen molar-refractivity contribution in [2.45, 2.75) is 18.9 Å². The van der Waals surface area contributed by atoms with Crippen LogP contribution in [0.15, 0.2) is 24.3 Å². The maximum atomic E-state index is 12.1. The third-order valence-corrected chi connectivity index (χ3v) is 3.53. The van der Waals surface area contributed by atoms with E-state index in [0.29, 0.717) is 23.3 Å². The van der Waals surface area contributed by atoms with E-state index in [4.69, 9.17) is 4.74 Å². The molecule has 1 saturated carbocycles. The molecule has 1 aromatic rings. The van der Waals surface area contributed by atoms with Crippen molar-refractivity contribution < 1.29 is 9.53 Å². The van der Waals surface area contributed by atoms with Crippen LogP contribution in [0.25, 0.3) is 0 Å². The highest BCUT2D eigenvalue weighted by atomic mass is 16.5. The molecule has 19 heavy (non-hydrogen) atoms. The van der Waals surface area contributed by atoms with Crippen molar-refractivity contribution in [1.82, 2.24) is 10.2 Å². The molecule has 1 fully saturated rings. The Morgan fingerprint density at radius 2 is 2.16 bits per heavy atom. The van der Waals surface area contributed by atoms with Crippen LogP contribution >= 0.6 is 0 Å². The zero-order valence-corrected chi connectivity index (χ0v) is 11.8. The summed E-state index contributed by atoms with van der Waals surface area (Å²) in [5, 5.41) is 3.07. The molecule has 0 radical (unpaired) electrons. The lowest BCUT2D eigenvalue weighted by Crippen LogP contribution is -2.46. The van der Waals surface area contributed by atoms with Crippen molar-refractivity contribution >= 4 is 5.91 Å². The summed E-state index contributed by atoms with van der Waals surface area (Å²) in [6.45, 7) is 1.10. The van der Waals surface area contributed by atoms with Gasteiger partial charge in [-0.1, -0.05) is 6.07 Å². The maximum Gasteiger partial charge on any atom is 0.251 e. The molecular weight excluding hydrogens is 240 g/mol. The van der Waals surface area contributed by atoms with Crippen molar-refractivity contribution in [2.75, 3.05) is 27.7 Å². The first kappa shape index (κ1) is 13.9. The van der Waals surface area contributed by atoms with Gasteiger partial charge in [0, 0.05) is 18.2 Å². The Morgan fingerprint density at radius 3 is 2.79 bits per heavy atom. The van der Waals surface area contributed by atoms with Crippen LogP contribution in [0.4, 0.5) is 0 Å². The molecule has 4 heteroatoms. The van der Waals surface area contributed by atoms with Crippen molar-refractivity contribution in [1.29, 1.82) is 0 Å². The normalized spacial score (nSPS) is 21.9. The summed E-state index contributed by atoms with van der Waals surface area (Å²) in [6.07, 6.45) is 2.15. The standard InChI is InChI=1S/C15H22N2O2/c1-17(2)10-11-7-13(8-11)16-15(18)12-5-4-6-14(9-12)19-3/h4-6,9,11,13H,7-8,10H2,1-3H3,(H,16,18). The Morgan fingerprint density at radius 1 is 1.42 bits per heavy atom. The van der Waals surface area contributed by atoms with Crippen molar-refractivity contribution in [3.63, 3.8) is 0 Å². The topological polar surface area (TPSA) is 41.6 Å². The fraction of sp³-hybridized carbons (Fsp3) is 0.533. The van der Waals surface area contributed by atoms with Crippen LogP contribution in [-0.4, -0.2) is 44.6 Å². The molecule has 1 amide bonds. The number of nitrogens with zero attached hydrogens (tertiary/aromatic N) is 1. The first-order valence-corrected chi connectivity index (χ1v) is 6.68. The summed E-state index contributed by atoms with van der Waals surface area (Å²) in [5.41, 5.74) is 0.662. The van der Waals surface area contributed by atoms with E-state index in [1.54, 1.807) is 13.2 Å². The molecule has 1 N–H and O–H groups in total. The summed E-state index contributed by atoms with van der Waals surface area (Å²) in [7, 11) is 5.78. The van der Waals surface area contributed by atoms with Gasteiger partial charge in [-0.3, -0.25) is 4.79 Å². The van der Waals surface area contributed by atoms with Gasteiger partial charge in [-0.15, -0.1) is 0 Å². The second-order valence-electron chi connectivity index (χ2n) is 5.50. The smallest absolute Gasteiger partial charge is 0.251 e. The number of ether oxygens (including phenoxy) is 1. The van der Waals surface area contributed by atoms with Crippen LogP contribution in [0.5, 0.6) is 5.75 Å². The zero-order valence-electron chi connectivity index (χ0n) is 11.8. The number of hydrogen-bond acceptors (Lipinski definition) is 3. The average Bonchev–Trinajstić information content (AvgIpc) is 2.35. The molecule has 1 aliphatic rings. The van der Waals surface area contributed by atoms with Gasteiger partial charge in [-0.05, 0) is 51.1 Å². The van der Waals surface area contributed by atoms with Crippen LogP contribution in [0, 0.1) is 5.92 Å². The Kier molecular flexibility index (Phi) is 4.43. The van der Waals surface area contributed by atoms with Gasteiger partial charge in [-0.25, -0.2) is 0 Å². The van der Waals surface area contributed by atoms with Crippen LogP contribution in [0.3, 0.4) is 0 Å². The highest BCUT2D eigenvalue weighted by molar-refractivity contribution is 5.94. The minimum atomic E-state index is -0.00722. The quantitative estimate of drug-likeness (QED) is 0.879. The van der Waals surface area contributed by atoms with E-state index < -0.39 is 0 Å². The van der Waals surface area contributed by atoms with E-state index in [2.05, 4.69) is 24.3 Å². The lowest BCUT2D eigenvalue weighted by atomic mass is 9.80. The van der Waals surface area contributed by atoms with Gasteiger partial charge in [-0.2, -0.15) is 0 Å². The van der Waals surface area contributed by atoms with Crippen LogP contribution in [0.1, 0.15) is 23.2 Å². The molecule has 0 spiro atoms. The summed E-state index contributed by atoms with van der Waals surface area (Å²) in [4.78, 5) is 14.3. The predicted molar refractivity (Wildman–Crippen MR) is 75.5 cm³/mol. The number of rotatable bonds is 5. The molecule has 0 heterocycles. The highest BCUT2D eigenvalue weighted by Gasteiger charge is 2.30. The molecule has 0 bridgehead atoms. The van der Waals surface area contributed by atoms with E-state index in [1.165, 1.54) is 0 Å². The molecule has 104 valence electrons. The SMILES string of the molecule is COc1cccc(C(=O)NC2CC(CN(C)C)C2)c1. The molecule has 0 aliphatic heterocycles. The molecule has 0 aromatic heterocycles. The Bertz CT molecular complexity index is 440. The molecule has 0 unspecified atom stereocenters. The van der Waals surface area contributed by atoms with Gasteiger partial charge in [0.25, 0.3) is 5.91 Å². The van der Waals surface area contributed by atoms with Crippen molar-refractivity contribution in [2.24, 2.45) is 5.92 Å². The van der Waals surface area contributed by atoms with Crippen molar-refractivity contribution in [3.8, 4) is 5.75 Å². The number of benzene rings is 1. The first-order chi connectivity index (χ1) is 9.08. The van der Waals surface area contributed by atoms with E-state index in [0.717, 1.165) is 19.4 Å². The second-order valence-corrected chi connectivity index (χ2v) is 5.50. The van der Waals surface area contributed by atoms with Gasteiger partial charge in [0.05, 0.1) is 7.11 Å². The third-order valence-electron chi connectivity index (χ3n) is 3.53. The minimum Gasteiger partial charge on any atom is -0.497 e. The molecule has 0 atom stereocenters. The number of nitrogens with one attached hydrogen (secondary N) is 1. The number of hydrogen-bond donors (Lipinski definition) is 1. The van der Waals surface area contributed by atoms with Crippen LogP contribution < -0.4 is 10.1 Å². The van der Waals surface area contributed by atoms with Gasteiger partial charge in [0.2, 0.25) is 0 Å². The van der Waals surface area contributed by atoms with Gasteiger partial charge in [0.15, 0.2) is 0 Å². The predicted octanol–water partition coefficient (Wildman–Crippen LogP) is 1.77. The average molecular weight is 262 g/mol. The molecule has 4 nitrogen and oxygen atoms in total. The molecule has 0 saturated heterocycles. The Hall–Kier alpha value is -1.55. The first-order valence-electron chi connectivity index (χ1n) is 6.68. The van der Waals surface area contributed by atoms with Gasteiger partial charge >= 0.3 is 0 Å². The molecule has 1 aromatic carbocycles. The van der Waals surface area contributed by atoms with Gasteiger partial charge < -0.3 is 15.0 Å². The Balaban J connectivity index is 1.82. The number of carbonyl (C=O) groups is 1. The molecule has 1 aliphatic carbocycles. The summed E-state index contributed by atoms with van der Waals surface area (Å²) < 4.78 is 5.13. The van der Waals surface area contributed by atoms with Crippen LogP contribution in [0.2, 0.25) is 0 Å². The lowest BCUT2D eigenvalue weighted by molar-refractivity contribution is 0.0874. The lowest BCUT2D eigenvalue weighted by Gasteiger charge is -2.37. The highest BCUT2D eigenvalue weighted by Crippen LogP contribution is 2.28.